The van der Waals surface area contributed by atoms with Gasteiger partial charge >= 0.3 is 0 Å². The molecule has 0 fully saturated rings. The lowest BCUT2D eigenvalue weighted by Gasteiger charge is -2.32. The van der Waals surface area contributed by atoms with E-state index in [0.29, 0.717) is 5.56 Å². The molecule has 0 saturated carbocycles. The number of hydrogen-bond acceptors (Lipinski definition) is 1. The summed E-state index contributed by atoms with van der Waals surface area (Å²) >= 11 is 5.92. The molecule has 98 valence electrons. The Kier molecular flexibility index (Phi) is 3.43. The van der Waals surface area contributed by atoms with Crippen molar-refractivity contribution in [3.8, 4) is 0 Å². The summed E-state index contributed by atoms with van der Waals surface area (Å²) in [5, 5.41) is 0. The molecule has 0 N–H and O–H groups in total. The van der Waals surface area contributed by atoms with Crippen LogP contribution in [0.4, 0.5) is 15.8 Å². The molecule has 1 heterocycles. The molecule has 1 nitrogen and oxygen atoms in total. The van der Waals surface area contributed by atoms with Crippen LogP contribution in [0.2, 0.25) is 0 Å². The van der Waals surface area contributed by atoms with Crippen molar-refractivity contribution in [3.05, 3.63) is 59.4 Å². The van der Waals surface area contributed by atoms with E-state index in [0.717, 1.165) is 25.1 Å². The maximum Gasteiger partial charge on any atom is 0.129 e. The average molecular weight is 276 g/mol. The minimum atomic E-state index is -0.226. The van der Waals surface area contributed by atoms with Gasteiger partial charge in [-0.15, -0.1) is 11.6 Å². The lowest BCUT2D eigenvalue weighted by atomic mass is 10.00. The fourth-order valence-corrected chi connectivity index (χ4v) is 2.98. The molecule has 0 aliphatic carbocycles. The van der Waals surface area contributed by atoms with Crippen LogP contribution in [0.3, 0.4) is 0 Å². The molecule has 19 heavy (non-hydrogen) atoms. The Hall–Kier alpha value is -1.54. The van der Waals surface area contributed by atoms with E-state index in [1.165, 1.54) is 17.3 Å². The van der Waals surface area contributed by atoms with E-state index in [1.54, 1.807) is 6.07 Å². The van der Waals surface area contributed by atoms with Gasteiger partial charge in [-0.05, 0) is 36.6 Å². The highest BCUT2D eigenvalue weighted by Gasteiger charge is 2.20. The van der Waals surface area contributed by atoms with Crippen LogP contribution in [0.1, 0.15) is 17.5 Å². The van der Waals surface area contributed by atoms with Crippen LogP contribution >= 0.6 is 11.6 Å². The number of benzene rings is 2. The van der Waals surface area contributed by atoms with Gasteiger partial charge in [-0.25, -0.2) is 4.39 Å². The van der Waals surface area contributed by atoms with E-state index in [9.17, 15) is 4.39 Å². The fraction of sp³-hybridized carbons (Fsp3) is 0.250. The molecular formula is C16H15ClFN. The molecule has 0 bridgehead atoms. The van der Waals surface area contributed by atoms with E-state index < -0.39 is 0 Å². The third-order valence-corrected chi connectivity index (χ3v) is 3.90. The lowest BCUT2D eigenvalue weighted by Crippen LogP contribution is -2.25. The summed E-state index contributed by atoms with van der Waals surface area (Å²) in [6.07, 6.45) is 2.16. The smallest absolute Gasteiger partial charge is 0.129 e. The van der Waals surface area contributed by atoms with Crippen molar-refractivity contribution in [1.82, 2.24) is 0 Å². The quantitative estimate of drug-likeness (QED) is 0.721. The van der Waals surface area contributed by atoms with E-state index in [2.05, 4.69) is 23.1 Å². The van der Waals surface area contributed by atoms with Crippen molar-refractivity contribution >= 4 is 23.0 Å². The topological polar surface area (TPSA) is 3.24 Å². The first-order chi connectivity index (χ1) is 9.31. The second-order valence-electron chi connectivity index (χ2n) is 4.76. The van der Waals surface area contributed by atoms with E-state index in [-0.39, 0.29) is 11.7 Å². The van der Waals surface area contributed by atoms with Crippen LogP contribution in [-0.2, 0) is 12.3 Å². The van der Waals surface area contributed by atoms with Crippen molar-refractivity contribution in [2.24, 2.45) is 0 Å². The van der Waals surface area contributed by atoms with Crippen LogP contribution in [0, 0.1) is 5.82 Å². The first kappa shape index (κ1) is 12.5. The zero-order valence-electron chi connectivity index (χ0n) is 10.6. The van der Waals surface area contributed by atoms with Crippen LogP contribution < -0.4 is 4.90 Å². The number of hydrogen-bond donors (Lipinski definition) is 0. The van der Waals surface area contributed by atoms with Crippen LogP contribution in [0.5, 0.6) is 0 Å². The predicted molar refractivity (Wildman–Crippen MR) is 77.7 cm³/mol. The third-order valence-electron chi connectivity index (χ3n) is 3.63. The Labute approximate surface area is 117 Å². The van der Waals surface area contributed by atoms with Gasteiger partial charge in [0.2, 0.25) is 0 Å². The van der Waals surface area contributed by atoms with Crippen molar-refractivity contribution in [2.75, 3.05) is 11.4 Å². The highest BCUT2D eigenvalue weighted by Crippen LogP contribution is 2.36. The Morgan fingerprint density at radius 2 is 1.84 bits per heavy atom. The normalized spacial score (nSPS) is 14.3. The standard InChI is InChI=1S/C16H15ClFN/c17-11-13-14(18)7-3-9-16(13)19-10-4-6-12-5-1-2-8-15(12)19/h1-3,5,7-9H,4,6,10-11H2. The molecule has 0 radical (unpaired) electrons. The molecule has 1 aliphatic heterocycles. The van der Waals surface area contributed by atoms with Gasteiger partial charge in [0.25, 0.3) is 0 Å². The number of halogens is 2. The number of rotatable bonds is 2. The van der Waals surface area contributed by atoms with E-state index in [4.69, 9.17) is 11.6 Å². The minimum Gasteiger partial charge on any atom is -0.341 e. The monoisotopic (exact) mass is 275 g/mol. The summed E-state index contributed by atoms with van der Waals surface area (Å²) in [6.45, 7) is 0.907. The first-order valence-corrected chi connectivity index (χ1v) is 7.03. The minimum absolute atomic E-state index is 0.195. The van der Waals surface area contributed by atoms with E-state index in [1.807, 2.05) is 12.1 Å². The summed E-state index contributed by atoms with van der Waals surface area (Å²) in [5.74, 6) is -0.0312. The summed E-state index contributed by atoms with van der Waals surface area (Å²) in [4.78, 5) is 2.18. The number of fused-ring (bicyclic) bond motifs is 1. The molecular weight excluding hydrogens is 261 g/mol. The molecule has 1 aliphatic rings. The Bertz CT molecular complexity index is 597. The van der Waals surface area contributed by atoms with Gasteiger partial charge in [0.15, 0.2) is 0 Å². The van der Waals surface area contributed by atoms with Gasteiger partial charge in [-0.1, -0.05) is 24.3 Å². The van der Waals surface area contributed by atoms with Crippen molar-refractivity contribution in [1.29, 1.82) is 0 Å². The van der Waals surface area contributed by atoms with Crippen LogP contribution in [0.15, 0.2) is 42.5 Å². The number of anilines is 2. The summed E-state index contributed by atoms with van der Waals surface area (Å²) < 4.78 is 13.9. The highest BCUT2D eigenvalue weighted by atomic mass is 35.5. The molecule has 0 spiro atoms. The van der Waals surface area contributed by atoms with Gasteiger partial charge in [0, 0.05) is 23.5 Å². The zero-order chi connectivity index (χ0) is 13.2. The number of para-hydroxylation sites is 1. The molecule has 3 rings (SSSR count). The molecule has 2 aromatic carbocycles. The number of nitrogens with zero attached hydrogens (tertiary/aromatic N) is 1. The maximum absolute atomic E-state index is 13.9. The Balaban J connectivity index is 2.12. The van der Waals surface area contributed by atoms with Crippen LogP contribution in [0.25, 0.3) is 0 Å². The van der Waals surface area contributed by atoms with Gasteiger partial charge in [0.1, 0.15) is 5.82 Å². The van der Waals surface area contributed by atoms with E-state index >= 15 is 0 Å². The average Bonchev–Trinajstić information content (AvgIpc) is 2.46. The molecule has 3 heteroatoms. The van der Waals surface area contributed by atoms with Crippen molar-refractivity contribution in [2.45, 2.75) is 18.7 Å². The number of alkyl halides is 1. The molecule has 2 aromatic rings. The SMILES string of the molecule is Fc1cccc(N2CCCc3ccccc32)c1CCl. The molecule has 0 aromatic heterocycles. The van der Waals surface area contributed by atoms with Gasteiger partial charge in [-0.3, -0.25) is 0 Å². The first-order valence-electron chi connectivity index (χ1n) is 6.50. The van der Waals surface area contributed by atoms with Gasteiger partial charge < -0.3 is 4.90 Å². The van der Waals surface area contributed by atoms with Crippen molar-refractivity contribution < 1.29 is 4.39 Å². The predicted octanol–water partition coefficient (Wildman–Crippen LogP) is 4.65. The molecule has 0 atom stereocenters. The van der Waals surface area contributed by atoms with Crippen LogP contribution in [-0.4, -0.2) is 6.54 Å². The molecule has 0 amide bonds. The van der Waals surface area contributed by atoms with Gasteiger partial charge in [-0.2, -0.15) is 0 Å². The Morgan fingerprint density at radius 3 is 2.68 bits per heavy atom. The summed E-state index contributed by atoms with van der Waals surface area (Å²) in [6, 6.07) is 13.5. The third kappa shape index (κ3) is 2.21. The second-order valence-corrected chi connectivity index (χ2v) is 5.02. The summed E-state index contributed by atoms with van der Waals surface area (Å²) in [7, 11) is 0. The Morgan fingerprint density at radius 1 is 1.05 bits per heavy atom. The fourth-order valence-electron chi connectivity index (χ4n) is 2.72. The maximum atomic E-state index is 13.9. The molecule has 0 unspecified atom stereocenters. The summed E-state index contributed by atoms with van der Waals surface area (Å²) in [5.41, 5.74) is 3.97. The second kappa shape index (κ2) is 5.22. The van der Waals surface area contributed by atoms with Crippen molar-refractivity contribution in [3.63, 3.8) is 0 Å². The van der Waals surface area contributed by atoms with Gasteiger partial charge in [0.05, 0.1) is 5.88 Å². The largest absolute Gasteiger partial charge is 0.341 e. The highest BCUT2D eigenvalue weighted by molar-refractivity contribution is 6.17. The molecule has 0 saturated heterocycles. The lowest BCUT2D eigenvalue weighted by molar-refractivity contribution is 0.616. The zero-order valence-corrected chi connectivity index (χ0v) is 11.3. The number of aryl methyl sites for hydroxylation is 1.